The molecule has 1 amide bonds. The highest BCUT2D eigenvalue weighted by molar-refractivity contribution is 7.09. The number of nitrogens with zero attached hydrogens (tertiary/aromatic N) is 3. The van der Waals surface area contributed by atoms with Gasteiger partial charge >= 0.3 is 0 Å². The average Bonchev–Trinajstić information content (AvgIpc) is 3.26. The number of thiophene rings is 1. The molecule has 0 spiro atoms. The highest BCUT2D eigenvalue weighted by Crippen LogP contribution is 2.23. The molecule has 3 N–H and O–H groups in total. The number of pyridine rings is 1. The SMILES string of the molecule is N#Cc1ncccc1N1CC[C@H](N[C@@H](Cc2cccs2)C(N)=O)C1. The monoisotopic (exact) mass is 341 g/mol. The van der Waals surface area contributed by atoms with E-state index in [0.29, 0.717) is 12.1 Å². The molecule has 1 fully saturated rings. The molecule has 2 aromatic heterocycles. The summed E-state index contributed by atoms with van der Waals surface area (Å²) in [6.07, 6.45) is 3.13. The Morgan fingerprint density at radius 2 is 2.42 bits per heavy atom. The van der Waals surface area contributed by atoms with Crippen molar-refractivity contribution in [2.45, 2.75) is 24.9 Å². The van der Waals surface area contributed by atoms with Gasteiger partial charge in [0.1, 0.15) is 6.07 Å². The van der Waals surface area contributed by atoms with Crippen LogP contribution in [-0.4, -0.2) is 36.1 Å². The van der Waals surface area contributed by atoms with E-state index in [1.54, 1.807) is 17.5 Å². The lowest BCUT2D eigenvalue weighted by molar-refractivity contribution is -0.120. The molecule has 1 aliphatic heterocycles. The third kappa shape index (κ3) is 3.72. The number of carbonyl (C=O) groups excluding carboxylic acids is 1. The predicted molar refractivity (Wildman–Crippen MR) is 93.7 cm³/mol. The Bertz CT molecular complexity index is 740. The van der Waals surface area contributed by atoms with E-state index in [0.717, 1.165) is 30.1 Å². The first-order valence-corrected chi connectivity index (χ1v) is 8.73. The van der Waals surface area contributed by atoms with Crippen LogP contribution in [0.25, 0.3) is 0 Å². The van der Waals surface area contributed by atoms with Gasteiger partial charge in [-0.25, -0.2) is 4.98 Å². The van der Waals surface area contributed by atoms with Crippen LogP contribution >= 0.6 is 11.3 Å². The van der Waals surface area contributed by atoms with Crippen molar-refractivity contribution >= 4 is 22.9 Å². The molecule has 24 heavy (non-hydrogen) atoms. The maximum Gasteiger partial charge on any atom is 0.234 e. The topological polar surface area (TPSA) is 95.0 Å². The van der Waals surface area contributed by atoms with Gasteiger partial charge < -0.3 is 16.0 Å². The first kappa shape index (κ1) is 16.4. The Kier molecular flexibility index (Phi) is 5.08. The predicted octanol–water partition coefficient (Wildman–Crippen LogP) is 1.28. The number of nitrogens with one attached hydrogen (secondary N) is 1. The zero-order chi connectivity index (χ0) is 16.9. The Balaban J connectivity index is 1.64. The first-order valence-electron chi connectivity index (χ1n) is 7.85. The van der Waals surface area contributed by atoms with Crippen molar-refractivity contribution in [2.24, 2.45) is 5.73 Å². The molecule has 0 aliphatic carbocycles. The van der Waals surface area contributed by atoms with Crippen molar-refractivity contribution in [3.05, 3.63) is 46.4 Å². The van der Waals surface area contributed by atoms with Gasteiger partial charge in [-0.15, -0.1) is 11.3 Å². The standard InChI is InChI=1S/C17H19N5OS/c18-10-15-16(4-1-6-20-15)22-7-5-12(11-22)21-14(17(19)23)9-13-3-2-8-24-13/h1-4,6,8,12,14,21H,5,7,9,11H2,(H2,19,23)/t12-,14-/m0/s1. The molecular weight excluding hydrogens is 322 g/mol. The fourth-order valence-corrected chi connectivity index (χ4v) is 3.76. The molecule has 0 bridgehead atoms. The number of amides is 1. The molecule has 3 heterocycles. The van der Waals surface area contributed by atoms with Crippen molar-refractivity contribution in [3.8, 4) is 6.07 Å². The smallest absolute Gasteiger partial charge is 0.234 e. The van der Waals surface area contributed by atoms with Crippen LogP contribution in [0.5, 0.6) is 0 Å². The van der Waals surface area contributed by atoms with E-state index in [9.17, 15) is 10.1 Å². The van der Waals surface area contributed by atoms with Gasteiger partial charge in [-0.2, -0.15) is 5.26 Å². The lowest BCUT2D eigenvalue weighted by atomic mass is 10.1. The zero-order valence-electron chi connectivity index (χ0n) is 13.2. The summed E-state index contributed by atoms with van der Waals surface area (Å²) in [5, 5.41) is 14.6. The first-order chi connectivity index (χ1) is 11.7. The van der Waals surface area contributed by atoms with Crippen LogP contribution in [0.3, 0.4) is 0 Å². The molecule has 6 nitrogen and oxygen atoms in total. The Morgan fingerprint density at radius 3 is 3.12 bits per heavy atom. The van der Waals surface area contributed by atoms with Crippen LogP contribution in [0.1, 0.15) is 17.0 Å². The van der Waals surface area contributed by atoms with Gasteiger partial charge in [0.05, 0.1) is 11.7 Å². The number of nitrogens with two attached hydrogens (primary N) is 1. The number of hydrogen-bond donors (Lipinski definition) is 2. The second-order valence-corrected chi connectivity index (χ2v) is 6.85. The Labute approximate surface area is 144 Å². The van der Waals surface area contributed by atoms with Crippen LogP contribution in [0.15, 0.2) is 35.8 Å². The fourth-order valence-electron chi connectivity index (χ4n) is 3.01. The van der Waals surface area contributed by atoms with Crippen molar-refractivity contribution in [2.75, 3.05) is 18.0 Å². The average molecular weight is 341 g/mol. The molecule has 0 aromatic carbocycles. The molecule has 0 saturated carbocycles. The van der Waals surface area contributed by atoms with E-state index < -0.39 is 0 Å². The van der Waals surface area contributed by atoms with Crippen LogP contribution in [0, 0.1) is 11.3 Å². The number of nitriles is 1. The molecule has 2 aromatic rings. The summed E-state index contributed by atoms with van der Waals surface area (Å²) < 4.78 is 0. The summed E-state index contributed by atoms with van der Waals surface area (Å²) in [6, 6.07) is 9.64. The maximum absolute atomic E-state index is 11.8. The van der Waals surface area contributed by atoms with Gasteiger partial charge in [0.15, 0.2) is 5.69 Å². The quantitative estimate of drug-likeness (QED) is 0.825. The molecule has 1 saturated heterocycles. The third-order valence-corrected chi connectivity index (χ3v) is 5.09. The third-order valence-electron chi connectivity index (χ3n) is 4.19. The van der Waals surface area contributed by atoms with Gasteiger partial charge in [-0.1, -0.05) is 6.07 Å². The number of carbonyl (C=O) groups is 1. The van der Waals surface area contributed by atoms with E-state index in [2.05, 4.69) is 21.3 Å². The molecule has 3 rings (SSSR count). The molecule has 2 atom stereocenters. The number of primary amides is 1. The summed E-state index contributed by atoms with van der Waals surface area (Å²) in [4.78, 5) is 19.1. The van der Waals surface area contributed by atoms with Crippen LogP contribution < -0.4 is 16.0 Å². The van der Waals surface area contributed by atoms with Crippen LogP contribution in [0.4, 0.5) is 5.69 Å². The highest BCUT2D eigenvalue weighted by atomic mass is 32.1. The van der Waals surface area contributed by atoms with Crippen molar-refractivity contribution in [1.82, 2.24) is 10.3 Å². The lowest BCUT2D eigenvalue weighted by Gasteiger charge is -2.22. The van der Waals surface area contributed by atoms with E-state index in [1.165, 1.54) is 0 Å². The zero-order valence-corrected chi connectivity index (χ0v) is 14.0. The second kappa shape index (κ2) is 7.43. The Morgan fingerprint density at radius 1 is 1.54 bits per heavy atom. The van der Waals surface area contributed by atoms with Gasteiger partial charge in [0.2, 0.25) is 5.91 Å². The van der Waals surface area contributed by atoms with Crippen molar-refractivity contribution in [3.63, 3.8) is 0 Å². The number of hydrogen-bond acceptors (Lipinski definition) is 6. The maximum atomic E-state index is 11.8. The molecule has 1 aliphatic rings. The van der Waals surface area contributed by atoms with Gasteiger partial charge in [0.25, 0.3) is 0 Å². The Hall–Kier alpha value is -2.43. The summed E-state index contributed by atoms with van der Waals surface area (Å²) >= 11 is 1.63. The van der Waals surface area contributed by atoms with Gasteiger partial charge in [0, 0.05) is 36.6 Å². The van der Waals surface area contributed by atoms with E-state index >= 15 is 0 Å². The summed E-state index contributed by atoms with van der Waals surface area (Å²) in [5.41, 5.74) is 6.84. The fraction of sp³-hybridized carbons (Fsp3) is 0.353. The summed E-state index contributed by atoms with van der Waals surface area (Å²) in [5.74, 6) is -0.332. The largest absolute Gasteiger partial charge is 0.368 e. The minimum Gasteiger partial charge on any atom is -0.368 e. The minimum atomic E-state index is -0.377. The van der Waals surface area contributed by atoms with E-state index in [4.69, 9.17) is 5.73 Å². The molecule has 0 unspecified atom stereocenters. The summed E-state index contributed by atoms with van der Waals surface area (Å²) in [6.45, 7) is 1.55. The van der Waals surface area contributed by atoms with E-state index in [1.807, 2.05) is 29.6 Å². The molecule has 7 heteroatoms. The van der Waals surface area contributed by atoms with Gasteiger partial charge in [-0.05, 0) is 30.0 Å². The normalized spacial score (nSPS) is 18.3. The minimum absolute atomic E-state index is 0.161. The van der Waals surface area contributed by atoms with Crippen LogP contribution in [-0.2, 0) is 11.2 Å². The second-order valence-electron chi connectivity index (χ2n) is 5.82. The lowest BCUT2D eigenvalue weighted by Crippen LogP contribution is -2.48. The summed E-state index contributed by atoms with van der Waals surface area (Å²) in [7, 11) is 0. The van der Waals surface area contributed by atoms with Crippen LogP contribution in [0.2, 0.25) is 0 Å². The van der Waals surface area contributed by atoms with E-state index in [-0.39, 0.29) is 18.0 Å². The molecule has 124 valence electrons. The van der Waals surface area contributed by atoms with Crippen molar-refractivity contribution < 1.29 is 4.79 Å². The highest BCUT2D eigenvalue weighted by Gasteiger charge is 2.28. The molecular formula is C17H19N5OS. The van der Waals surface area contributed by atoms with Crippen molar-refractivity contribution in [1.29, 1.82) is 5.26 Å². The number of anilines is 1. The number of rotatable bonds is 6. The number of aromatic nitrogens is 1. The molecule has 0 radical (unpaired) electrons. The van der Waals surface area contributed by atoms with Gasteiger partial charge in [-0.3, -0.25) is 4.79 Å².